The largest absolute Gasteiger partial charge is 0.459 e. The predicted octanol–water partition coefficient (Wildman–Crippen LogP) is 3.32. The second-order valence-corrected chi connectivity index (χ2v) is 6.85. The molecule has 1 atom stereocenters. The Bertz CT molecular complexity index is 703. The lowest BCUT2D eigenvalue weighted by Crippen LogP contribution is -2.47. The van der Waals surface area contributed by atoms with Gasteiger partial charge in [-0.15, -0.1) is 12.4 Å². The number of rotatable bonds is 6. The first-order valence-electron chi connectivity index (χ1n) is 8.65. The van der Waals surface area contributed by atoms with Crippen molar-refractivity contribution in [3.8, 4) is 11.3 Å². The number of halogens is 2. The molecule has 142 valence electrons. The molecule has 1 aliphatic heterocycles. The summed E-state index contributed by atoms with van der Waals surface area (Å²) in [5, 5.41) is 6.92. The highest BCUT2D eigenvalue weighted by Crippen LogP contribution is 2.23. The number of likely N-dealkylation sites (N-methyl/N-ethyl adjacent to an activating group) is 1. The van der Waals surface area contributed by atoms with Gasteiger partial charge in [-0.2, -0.15) is 0 Å². The van der Waals surface area contributed by atoms with Crippen LogP contribution in [0.2, 0.25) is 5.02 Å². The van der Waals surface area contributed by atoms with E-state index in [9.17, 15) is 4.79 Å². The molecule has 1 unspecified atom stereocenters. The molecule has 1 aromatic heterocycles. The van der Waals surface area contributed by atoms with Crippen LogP contribution in [0.25, 0.3) is 11.3 Å². The molecular weight excluding hydrogens is 373 g/mol. The third kappa shape index (κ3) is 5.74. The van der Waals surface area contributed by atoms with Gasteiger partial charge in [-0.3, -0.25) is 9.69 Å². The number of likely N-dealkylation sites (tertiary alicyclic amines) is 1. The maximum Gasteiger partial charge on any atom is 0.234 e. The van der Waals surface area contributed by atoms with E-state index >= 15 is 0 Å². The zero-order chi connectivity index (χ0) is 17.6. The first-order valence-corrected chi connectivity index (χ1v) is 9.03. The van der Waals surface area contributed by atoms with Crippen LogP contribution in [-0.4, -0.2) is 43.5 Å². The molecule has 26 heavy (non-hydrogen) atoms. The number of furan rings is 1. The summed E-state index contributed by atoms with van der Waals surface area (Å²) in [7, 11) is 1.98. The quantitative estimate of drug-likeness (QED) is 0.784. The van der Waals surface area contributed by atoms with Crippen molar-refractivity contribution in [2.75, 3.05) is 26.7 Å². The SMILES string of the molecule is CNC1CCCN(CC(=O)NCc2ccc(-c3ccc(Cl)cc3)o2)C1.Cl. The molecule has 0 radical (unpaired) electrons. The molecule has 7 heteroatoms. The van der Waals surface area contributed by atoms with E-state index in [1.165, 1.54) is 6.42 Å². The number of amides is 1. The van der Waals surface area contributed by atoms with Gasteiger partial charge in [0.2, 0.25) is 5.91 Å². The van der Waals surface area contributed by atoms with E-state index in [2.05, 4.69) is 15.5 Å². The summed E-state index contributed by atoms with van der Waals surface area (Å²) in [5.41, 5.74) is 0.966. The number of piperidine rings is 1. The van der Waals surface area contributed by atoms with Crippen LogP contribution in [0.3, 0.4) is 0 Å². The zero-order valence-electron chi connectivity index (χ0n) is 14.8. The van der Waals surface area contributed by atoms with Crippen LogP contribution >= 0.6 is 24.0 Å². The van der Waals surface area contributed by atoms with E-state index in [-0.39, 0.29) is 18.3 Å². The van der Waals surface area contributed by atoms with Crippen molar-refractivity contribution in [2.24, 2.45) is 0 Å². The van der Waals surface area contributed by atoms with Gasteiger partial charge in [0, 0.05) is 23.2 Å². The number of carbonyl (C=O) groups is 1. The average Bonchev–Trinajstić information content (AvgIpc) is 3.10. The van der Waals surface area contributed by atoms with Gasteiger partial charge in [0.25, 0.3) is 0 Å². The van der Waals surface area contributed by atoms with Crippen molar-refractivity contribution >= 4 is 29.9 Å². The lowest BCUT2D eigenvalue weighted by Gasteiger charge is -2.31. The Morgan fingerprint density at radius 1 is 1.27 bits per heavy atom. The molecule has 1 fully saturated rings. The van der Waals surface area contributed by atoms with Gasteiger partial charge in [0.05, 0.1) is 13.1 Å². The molecule has 2 aromatic rings. The molecule has 1 aliphatic rings. The van der Waals surface area contributed by atoms with E-state index in [1.807, 2.05) is 43.4 Å². The van der Waals surface area contributed by atoms with Gasteiger partial charge in [-0.1, -0.05) is 11.6 Å². The number of carbonyl (C=O) groups excluding carboxylic acids is 1. The summed E-state index contributed by atoms with van der Waals surface area (Å²) in [6.45, 7) is 2.73. The summed E-state index contributed by atoms with van der Waals surface area (Å²) in [4.78, 5) is 14.4. The fraction of sp³-hybridized carbons (Fsp3) is 0.421. The monoisotopic (exact) mass is 397 g/mol. The third-order valence-corrected chi connectivity index (χ3v) is 4.78. The third-order valence-electron chi connectivity index (χ3n) is 4.53. The number of benzene rings is 1. The minimum absolute atomic E-state index is 0. The molecule has 5 nitrogen and oxygen atoms in total. The Morgan fingerprint density at radius 3 is 2.77 bits per heavy atom. The minimum Gasteiger partial charge on any atom is -0.459 e. The smallest absolute Gasteiger partial charge is 0.234 e. The number of nitrogens with one attached hydrogen (secondary N) is 2. The Labute approximate surface area is 165 Å². The van der Waals surface area contributed by atoms with Crippen LogP contribution < -0.4 is 10.6 Å². The van der Waals surface area contributed by atoms with Gasteiger partial charge in [0.15, 0.2) is 0 Å². The summed E-state index contributed by atoms with van der Waals surface area (Å²) in [6.07, 6.45) is 2.30. The maximum atomic E-state index is 12.2. The van der Waals surface area contributed by atoms with Crippen molar-refractivity contribution in [2.45, 2.75) is 25.4 Å². The summed E-state index contributed by atoms with van der Waals surface area (Å²) in [6, 6.07) is 11.8. The molecule has 2 N–H and O–H groups in total. The summed E-state index contributed by atoms with van der Waals surface area (Å²) in [5.74, 6) is 1.54. The Balaban J connectivity index is 0.00000243. The average molecular weight is 398 g/mol. The van der Waals surface area contributed by atoms with Gasteiger partial charge in [0.1, 0.15) is 11.5 Å². The Hall–Kier alpha value is -1.53. The fourth-order valence-corrected chi connectivity index (χ4v) is 3.25. The maximum absolute atomic E-state index is 12.2. The zero-order valence-corrected chi connectivity index (χ0v) is 16.4. The number of nitrogens with zero attached hydrogens (tertiary/aromatic N) is 1. The van der Waals surface area contributed by atoms with E-state index in [1.54, 1.807) is 0 Å². The number of hydrogen-bond donors (Lipinski definition) is 2. The van der Waals surface area contributed by atoms with Crippen LogP contribution in [-0.2, 0) is 11.3 Å². The molecule has 0 spiro atoms. The predicted molar refractivity (Wildman–Crippen MR) is 107 cm³/mol. The molecule has 0 aliphatic carbocycles. The topological polar surface area (TPSA) is 57.5 Å². The van der Waals surface area contributed by atoms with E-state index in [0.717, 1.165) is 36.6 Å². The van der Waals surface area contributed by atoms with E-state index in [4.69, 9.17) is 16.0 Å². The summed E-state index contributed by atoms with van der Waals surface area (Å²) >= 11 is 5.90. The lowest BCUT2D eigenvalue weighted by molar-refractivity contribution is -0.122. The molecule has 2 heterocycles. The van der Waals surface area contributed by atoms with Crippen LogP contribution in [0, 0.1) is 0 Å². The van der Waals surface area contributed by atoms with E-state index in [0.29, 0.717) is 24.2 Å². The number of hydrogen-bond acceptors (Lipinski definition) is 4. The van der Waals surface area contributed by atoms with Crippen molar-refractivity contribution in [1.82, 2.24) is 15.5 Å². The minimum atomic E-state index is 0. The molecule has 1 saturated heterocycles. The van der Waals surface area contributed by atoms with E-state index < -0.39 is 0 Å². The van der Waals surface area contributed by atoms with Crippen molar-refractivity contribution in [3.05, 3.63) is 47.2 Å². The van der Waals surface area contributed by atoms with Crippen molar-refractivity contribution in [1.29, 1.82) is 0 Å². The Kier molecular flexibility index (Phi) is 7.97. The van der Waals surface area contributed by atoms with Gasteiger partial charge in [-0.25, -0.2) is 0 Å². The fourth-order valence-electron chi connectivity index (χ4n) is 3.12. The second-order valence-electron chi connectivity index (χ2n) is 6.41. The van der Waals surface area contributed by atoms with Crippen LogP contribution in [0.15, 0.2) is 40.8 Å². The molecule has 0 saturated carbocycles. The standard InChI is InChI=1S/C19H24ClN3O2.ClH/c1-21-16-3-2-10-23(12-16)13-19(24)22-11-17-8-9-18(25-17)14-4-6-15(20)7-5-14;/h4-9,16,21H,2-3,10-13H2,1H3,(H,22,24);1H. The van der Waals surface area contributed by atoms with Crippen LogP contribution in [0.4, 0.5) is 0 Å². The summed E-state index contributed by atoms with van der Waals surface area (Å²) < 4.78 is 5.80. The second kappa shape index (κ2) is 9.97. The van der Waals surface area contributed by atoms with Crippen LogP contribution in [0.1, 0.15) is 18.6 Å². The lowest BCUT2D eigenvalue weighted by atomic mass is 10.1. The Morgan fingerprint density at radius 2 is 2.04 bits per heavy atom. The highest BCUT2D eigenvalue weighted by molar-refractivity contribution is 6.30. The normalized spacial score (nSPS) is 17.5. The highest BCUT2D eigenvalue weighted by Gasteiger charge is 2.20. The first kappa shape index (κ1) is 20.8. The first-order chi connectivity index (χ1) is 12.1. The molecule has 0 bridgehead atoms. The van der Waals surface area contributed by atoms with Gasteiger partial charge < -0.3 is 15.1 Å². The molecule has 1 aromatic carbocycles. The molecular formula is C19H25Cl2N3O2. The van der Waals surface area contributed by atoms with Crippen molar-refractivity contribution < 1.29 is 9.21 Å². The molecule has 1 amide bonds. The van der Waals surface area contributed by atoms with Gasteiger partial charge >= 0.3 is 0 Å². The highest BCUT2D eigenvalue weighted by atomic mass is 35.5. The van der Waals surface area contributed by atoms with Gasteiger partial charge in [-0.05, 0) is 62.8 Å². The molecule has 3 rings (SSSR count). The van der Waals surface area contributed by atoms with Crippen LogP contribution in [0.5, 0.6) is 0 Å². The van der Waals surface area contributed by atoms with Crippen molar-refractivity contribution in [3.63, 3.8) is 0 Å².